The van der Waals surface area contributed by atoms with Gasteiger partial charge in [-0.2, -0.15) is 0 Å². The molecule has 0 aliphatic carbocycles. The number of benzene rings is 3. The second-order valence-corrected chi connectivity index (χ2v) is 6.92. The molecule has 0 radical (unpaired) electrons. The number of nitrogens with zero attached hydrogens (tertiary/aromatic N) is 2. The van der Waals surface area contributed by atoms with Crippen LogP contribution >= 0.6 is 0 Å². The molecule has 0 saturated heterocycles. The predicted octanol–water partition coefficient (Wildman–Crippen LogP) is 4.30. The first-order chi connectivity index (χ1) is 15.4. The number of methoxy groups -OCH3 is 1. The summed E-state index contributed by atoms with van der Waals surface area (Å²) >= 11 is 0. The zero-order valence-corrected chi connectivity index (χ0v) is 17.8. The van der Waals surface area contributed by atoms with Crippen LogP contribution in [0.25, 0.3) is 0 Å². The fraction of sp³-hybridized carbons (Fsp3) is 0.167. The van der Waals surface area contributed by atoms with Crippen molar-refractivity contribution in [1.82, 2.24) is 0 Å². The van der Waals surface area contributed by atoms with Crippen LogP contribution in [0.15, 0.2) is 72.8 Å². The first-order valence-corrected chi connectivity index (χ1v) is 10.0. The lowest BCUT2D eigenvalue weighted by atomic mass is 10.0. The summed E-state index contributed by atoms with van der Waals surface area (Å²) in [5.74, 6) is -0.147. The number of nitro benzene ring substituents is 1. The third-order valence-corrected chi connectivity index (χ3v) is 4.91. The number of rotatable bonds is 9. The molecule has 32 heavy (non-hydrogen) atoms. The number of amides is 1. The number of hydrogen-bond donors (Lipinski definition) is 1. The maximum Gasteiger partial charge on any atom is 0.293 e. The van der Waals surface area contributed by atoms with Crippen molar-refractivity contribution in [1.29, 1.82) is 0 Å². The van der Waals surface area contributed by atoms with Gasteiger partial charge in [0.05, 0.1) is 24.3 Å². The van der Waals surface area contributed by atoms with Crippen LogP contribution in [0, 0.1) is 10.1 Å². The maximum atomic E-state index is 12.7. The molecular formula is C24H23N3O5. The van der Waals surface area contributed by atoms with Crippen molar-refractivity contribution in [3.05, 3.63) is 94.0 Å². The van der Waals surface area contributed by atoms with Crippen molar-refractivity contribution in [2.24, 2.45) is 0 Å². The zero-order valence-electron chi connectivity index (χ0n) is 17.8. The number of likely N-dealkylation sites (N-methyl/N-ethyl adjacent to an activating group) is 1. The van der Waals surface area contributed by atoms with Crippen LogP contribution in [0.5, 0.6) is 5.75 Å². The van der Waals surface area contributed by atoms with Gasteiger partial charge in [-0.25, -0.2) is 0 Å². The van der Waals surface area contributed by atoms with Crippen LogP contribution in [-0.4, -0.2) is 36.8 Å². The average molecular weight is 433 g/mol. The fourth-order valence-electron chi connectivity index (χ4n) is 3.31. The van der Waals surface area contributed by atoms with E-state index in [4.69, 9.17) is 4.74 Å². The van der Waals surface area contributed by atoms with E-state index in [9.17, 15) is 19.7 Å². The molecule has 164 valence electrons. The van der Waals surface area contributed by atoms with Crippen LogP contribution in [0.2, 0.25) is 0 Å². The van der Waals surface area contributed by atoms with Crippen LogP contribution < -0.4 is 15.0 Å². The molecule has 3 rings (SSSR count). The minimum absolute atomic E-state index is 0.110. The monoisotopic (exact) mass is 433 g/mol. The fourth-order valence-corrected chi connectivity index (χ4v) is 3.31. The quantitative estimate of drug-likeness (QED) is 0.307. The SMILES string of the molecule is CCN(CC(=O)Nc1ccccc1OC)c1ccc(C(=O)c2ccccc2)cc1[N+](=O)[O-]. The van der Waals surface area contributed by atoms with Crippen molar-refractivity contribution in [2.45, 2.75) is 6.92 Å². The van der Waals surface area contributed by atoms with E-state index in [1.807, 2.05) is 0 Å². The molecule has 1 amide bonds. The van der Waals surface area contributed by atoms with Gasteiger partial charge in [0.25, 0.3) is 5.69 Å². The molecule has 1 N–H and O–H groups in total. The van der Waals surface area contributed by atoms with E-state index < -0.39 is 4.92 Å². The predicted molar refractivity (Wildman–Crippen MR) is 122 cm³/mol. The zero-order chi connectivity index (χ0) is 23.1. The Balaban J connectivity index is 1.85. The molecule has 0 aromatic heterocycles. The van der Waals surface area contributed by atoms with Gasteiger partial charge in [0, 0.05) is 23.7 Å². The van der Waals surface area contributed by atoms with Gasteiger partial charge in [0.1, 0.15) is 11.4 Å². The smallest absolute Gasteiger partial charge is 0.293 e. The van der Waals surface area contributed by atoms with Gasteiger partial charge in [0.2, 0.25) is 5.91 Å². The highest BCUT2D eigenvalue weighted by Gasteiger charge is 2.23. The Labute approximate surface area is 185 Å². The molecule has 8 heteroatoms. The summed E-state index contributed by atoms with van der Waals surface area (Å²) in [5, 5.41) is 14.5. The summed E-state index contributed by atoms with van der Waals surface area (Å²) in [6.07, 6.45) is 0. The summed E-state index contributed by atoms with van der Waals surface area (Å²) in [6.45, 7) is 2.04. The average Bonchev–Trinajstić information content (AvgIpc) is 2.82. The Morgan fingerprint density at radius 3 is 2.34 bits per heavy atom. The van der Waals surface area contributed by atoms with Crippen molar-refractivity contribution in [3.8, 4) is 5.75 Å². The lowest BCUT2D eigenvalue weighted by molar-refractivity contribution is -0.384. The molecule has 0 unspecified atom stereocenters. The second-order valence-electron chi connectivity index (χ2n) is 6.92. The van der Waals surface area contributed by atoms with Gasteiger partial charge in [-0.05, 0) is 31.2 Å². The van der Waals surface area contributed by atoms with Gasteiger partial charge in [0.15, 0.2) is 5.78 Å². The van der Waals surface area contributed by atoms with Gasteiger partial charge in [-0.3, -0.25) is 19.7 Å². The Morgan fingerprint density at radius 2 is 1.69 bits per heavy atom. The third kappa shape index (κ3) is 5.10. The number of anilines is 2. The third-order valence-electron chi connectivity index (χ3n) is 4.91. The maximum absolute atomic E-state index is 12.7. The van der Waals surface area contributed by atoms with Crippen molar-refractivity contribution in [2.75, 3.05) is 30.4 Å². The summed E-state index contributed by atoms with van der Waals surface area (Å²) in [7, 11) is 1.50. The van der Waals surface area contributed by atoms with Crippen molar-refractivity contribution in [3.63, 3.8) is 0 Å². The number of para-hydroxylation sites is 2. The molecule has 0 spiro atoms. The molecule has 0 fully saturated rings. The molecule has 8 nitrogen and oxygen atoms in total. The first-order valence-electron chi connectivity index (χ1n) is 10.0. The minimum atomic E-state index is -0.544. The van der Waals surface area contributed by atoms with E-state index in [0.717, 1.165) is 0 Å². The van der Waals surface area contributed by atoms with E-state index in [2.05, 4.69) is 5.32 Å². The van der Waals surface area contributed by atoms with Gasteiger partial charge >= 0.3 is 0 Å². The van der Waals surface area contributed by atoms with Crippen LogP contribution in [0.1, 0.15) is 22.8 Å². The molecule has 0 bridgehead atoms. The number of carbonyl (C=O) groups is 2. The molecular weight excluding hydrogens is 410 g/mol. The summed E-state index contributed by atoms with van der Waals surface area (Å²) in [4.78, 5) is 38.1. The molecule has 0 saturated carbocycles. The number of carbonyl (C=O) groups excluding carboxylic acids is 2. The van der Waals surface area contributed by atoms with E-state index in [1.54, 1.807) is 72.5 Å². The normalized spacial score (nSPS) is 10.3. The summed E-state index contributed by atoms with van der Waals surface area (Å²) in [6, 6.07) is 19.8. The highest BCUT2D eigenvalue weighted by Crippen LogP contribution is 2.30. The molecule has 0 aliphatic heterocycles. The summed E-state index contributed by atoms with van der Waals surface area (Å²) in [5.41, 5.74) is 1.18. The molecule has 3 aromatic carbocycles. The van der Waals surface area contributed by atoms with E-state index >= 15 is 0 Å². The Bertz CT molecular complexity index is 1130. The first kappa shape index (κ1) is 22.5. The minimum Gasteiger partial charge on any atom is -0.495 e. The number of nitrogens with one attached hydrogen (secondary N) is 1. The van der Waals surface area contributed by atoms with Crippen LogP contribution in [0.3, 0.4) is 0 Å². The molecule has 0 heterocycles. The van der Waals surface area contributed by atoms with Crippen LogP contribution in [0.4, 0.5) is 17.1 Å². The molecule has 0 aliphatic rings. The standard InChI is InChI=1S/C24H23N3O5/c1-3-26(16-23(28)25-19-11-7-8-12-22(19)32-2)20-14-13-18(15-21(20)27(30)31)24(29)17-9-5-4-6-10-17/h4-15H,3,16H2,1-2H3,(H,25,28). The van der Waals surface area contributed by atoms with Gasteiger partial charge in [-0.15, -0.1) is 0 Å². The van der Waals surface area contributed by atoms with E-state index in [-0.39, 0.29) is 35.2 Å². The van der Waals surface area contributed by atoms with Gasteiger partial charge < -0.3 is 15.0 Å². The van der Waals surface area contributed by atoms with Gasteiger partial charge in [-0.1, -0.05) is 42.5 Å². The Hall–Kier alpha value is -4.20. The lowest BCUT2D eigenvalue weighted by Crippen LogP contribution is -2.33. The number of hydrogen-bond acceptors (Lipinski definition) is 6. The molecule has 3 aromatic rings. The highest BCUT2D eigenvalue weighted by molar-refractivity contribution is 6.09. The van der Waals surface area contributed by atoms with Crippen LogP contribution in [-0.2, 0) is 4.79 Å². The van der Waals surface area contributed by atoms with E-state index in [0.29, 0.717) is 23.5 Å². The number of ether oxygens (including phenoxy) is 1. The summed E-state index contributed by atoms with van der Waals surface area (Å²) < 4.78 is 5.24. The number of ketones is 1. The lowest BCUT2D eigenvalue weighted by Gasteiger charge is -2.23. The van der Waals surface area contributed by atoms with Crippen molar-refractivity contribution < 1.29 is 19.2 Å². The highest BCUT2D eigenvalue weighted by atomic mass is 16.6. The Morgan fingerprint density at radius 1 is 1.00 bits per heavy atom. The topological polar surface area (TPSA) is 102 Å². The van der Waals surface area contributed by atoms with E-state index in [1.165, 1.54) is 19.2 Å². The Kier molecular flexibility index (Phi) is 7.17. The molecule has 0 atom stereocenters. The number of nitro groups is 1. The second kappa shape index (κ2) is 10.2. The largest absolute Gasteiger partial charge is 0.495 e. The van der Waals surface area contributed by atoms with Crippen molar-refractivity contribution >= 4 is 28.8 Å².